The molecule has 3 unspecified atom stereocenters. The van der Waals surface area contributed by atoms with Gasteiger partial charge in [-0.2, -0.15) is 0 Å². The second-order valence-electron chi connectivity index (χ2n) is 5.24. The van der Waals surface area contributed by atoms with E-state index in [9.17, 15) is 4.79 Å². The monoisotopic (exact) mass is 277 g/mol. The second-order valence-corrected chi connectivity index (χ2v) is 5.24. The number of rotatable bonds is 4. The predicted octanol–water partition coefficient (Wildman–Crippen LogP) is 1.40. The molecule has 0 spiro atoms. The van der Waals surface area contributed by atoms with Gasteiger partial charge in [0.2, 0.25) is 0 Å². The lowest BCUT2D eigenvalue weighted by molar-refractivity contribution is -0.147. The van der Waals surface area contributed by atoms with E-state index in [1.54, 1.807) is 0 Å². The number of hydrogen-bond donors (Lipinski definition) is 1. The van der Waals surface area contributed by atoms with Crippen molar-refractivity contribution in [2.75, 3.05) is 19.8 Å². The Kier molecular flexibility index (Phi) is 4.30. The van der Waals surface area contributed by atoms with E-state index in [0.717, 1.165) is 6.42 Å². The number of hydrogen-bond acceptors (Lipinski definition) is 4. The first kappa shape index (κ1) is 13.5. The maximum absolute atomic E-state index is 12.0. The fourth-order valence-corrected chi connectivity index (χ4v) is 2.58. The van der Waals surface area contributed by atoms with Crippen molar-refractivity contribution >= 4 is 5.91 Å². The van der Waals surface area contributed by atoms with Gasteiger partial charge in [-0.05, 0) is 12.0 Å². The first-order valence-electron chi connectivity index (χ1n) is 7.02. The number of ether oxygens (including phenoxy) is 2. The highest BCUT2D eigenvalue weighted by Gasteiger charge is 2.32. The predicted molar refractivity (Wildman–Crippen MR) is 72.0 cm³/mol. The first-order valence-corrected chi connectivity index (χ1v) is 7.02. The molecule has 3 atom stereocenters. The molecule has 0 bridgehead atoms. The van der Waals surface area contributed by atoms with Gasteiger partial charge in [0.1, 0.15) is 12.2 Å². The van der Waals surface area contributed by atoms with E-state index in [1.165, 1.54) is 5.56 Å². The molecule has 1 amide bonds. The van der Waals surface area contributed by atoms with Gasteiger partial charge >= 0.3 is 0 Å². The van der Waals surface area contributed by atoms with Crippen LogP contribution in [0, 0.1) is 0 Å². The standard InChI is InChI=1S/C15H19NO4/c17-15(16-20-13-6-7-18-10-13)14-8-12(9-19-14)11-4-2-1-3-5-11/h1-5,12-14H,6-10H2,(H,16,17). The van der Waals surface area contributed by atoms with Crippen LogP contribution in [0.15, 0.2) is 30.3 Å². The molecule has 20 heavy (non-hydrogen) atoms. The molecule has 5 heteroatoms. The fourth-order valence-electron chi connectivity index (χ4n) is 2.58. The van der Waals surface area contributed by atoms with Crippen molar-refractivity contribution in [1.82, 2.24) is 5.48 Å². The average molecular weight is 277 g/mol. The lowest BCUT2D eigenvalue weighted by Gasteiger charge is -2.13. The largest absolute Gasteiger partial charge is 0.379 e. The van der Waals surface area contributed by atoms with Crippen molar-refractivity contribution in [1.29, 1.82) is 0 Å². The third-order valence-corrected chi connectivity index (χ3v) is 3.77. The fraction of sp³-hybridized carbons (Fsp3) is 0.533. The second kappa shape index (κ2) is 6.35. The number of amides is 1. The number of carbonyl (C=O) groups excluding carboxylic acids is 1. The summed E-state index contributed by atoms with van der Waals surface area (Å²) in [4.78, 5) is 17.3. The SMILES string of the molecule is O=C(NOC1CCOC1)C1CC(c2ccccc2)CO1. The minimum absolute atomic E-state index is 0.0368. The van der Waals surface area contributed by atoms with E-state index in [-0.39, 0.29) is 17.9 Å². The number of benzene rings is 1. The van der Waals surface area contributed by atoms with Gasteiger partial charge < -0.3 is 9.47 Å². The molecule has 3 rings (SSSR count). The van der Waals surface area contributed by atoms with Gasteiger partial charge in [-0.25, -0.2) is 5.48 Å². The Morgan fingerprint density at radius 2 is 2.10 bits per heavy atom. The zero-order valence-corrected chi connectivity index (χ0v) is 11.3. The summed E-state index contributed by atoms with van der Waals surface area (Å²) in [5.74, 6) is 0.0806. The Labute approximate surface area is 118 Å². The van der Waals surface area contributed by atoms with Gasteiger partial charge in [0.25, 0.3) is 5.91 Å². The summed E-state index contributed by atoms with van der Waals surface area (Å²) in [6.45, 7) is 1.81. The van der Waals surface area contributed by atoms with Gasteiger partial charge in [-0.3, -0.25) is 9.63 Å². The molecule has 0 radical (unpaired) electrons. The molecule has 2 saturated heterocycles. The summed E-state index contributed by atoms with van der Waals surface area (Å²) >= 11 is 0. The van der Waals surface area contributed by atoms with E-state index in [4.69, 9.17) is 14.3 Å². The van der Waals surface area contributed by atoms with Crippen LogP contribution in [0.4, 0.5) is 0 Å². The maximum atomic E-state index is 12.0. The summed E-state index contributed by atoms with van der Waals surface area (Å²) in [6.07, 6.45) is 1.05. The summed E-state index contributed by atoms with van der Waals surface area (Å²) in [7, 11) is 0. The molecule has 2 heterocycles. The van der Waals surface area contributed by atoms with Crippen LogP contribution in [-0.2, 0) is 19.1 Å². The number of nitrogens with one attached hydrogen (secondary N) is 1. The topological polar surface area (TPSA) is 56.8 Å². The molecule has 108 valence electrons. The summed E-state index contributed by atoms with van der Waals surface area (Å²) in [5, 5.41) is 0. The quantitative estimate of drug-likeness (QED) is 0.845. The Bertz CT molecular complexity index is 444. The minimum atomic E-state index is -0.428. The molecular formula is C15H19NO4. The van der Waals surface area contributed by atoms with E-state index >= 15 is 0 Å². The van der Waals surface area contributed by atoms with Crippen molar-refractivity contribution in [2.45, 2.75) is 31.0 Å². The van der Waals surface area contributed by atoms with E-state index in [0.29, 0.717) is 26.2 Å². The lowest BCUT2D eigenvalue weighted by atomic mass is 9.96. The summed E-state index contributed by atoms with van der Waals surface area (Å²) < 4.78 is 10.8. The van der Waals surface area contributed by atoms with Crippen molar-refractivity contribution < 1.29 is 19.1 Å². The highest BCUT2D eigenvalue weighted by molar-refractivity contribution is 5.80. The highest BCUT2D eigenvalue weighted by Crippen LogP contribution is 2.29. The zero-order valence-electron chi connectivity index (χ0n) is 11.3. The van der Waals surface area contributed by atoms with Crippen molar-refractivity contribution in [3.63, 3.8) is 0 Å². The third kappa shape index (κ3) is 3.17. The van der Waals surface area contributed by atoms with Crippen molar-refractivity contribution in [2.24, 2.45) is 0 Å². The Hall–Kier alpha value is -1.43. The van der Waals surface area contributed by atoms with Gasteiger partial charge in [-0.15, -0.1) is 0 Å². The molecule has 0 saturated carbocycles. The molecule has 2 fully saturated rings. The first-order chi connectivity index (χ1) is 9.83. The van der Waals surface area contributed by atoms with Crippen LogP contribution in [0.1, 0.15) is 24.3 Å². The highest BCUT2D eigenvalue weighted by atomic mass is 16.7. The normalized spacial score (nSPS) is 29.5. The Balaban J connectivity index is 1.48. The van der Waals surface area contributed by atoms with Gasteiger partial charge in [0.05, 0.1) is 13.2 Å². The van der Waals surface area contributed by atoms with Gasteiger partial charge in [-0.1, -0.05) is 30.3 Å². The van der Waals surface area contributed by atoms with Crippen LogP contribution in [-0.4, -0.2) is 37.9 Å². The molecule has 0 aliphatic carbocycles. The molecule has 1 aromatic carbocycles. The van der Waals surface area contributed by atoms with Crippen molar-refractivity contribution in [3.8, 4) is 0 Å². The van der Waals surface area contributed by atoms with E-state index < -0.39 is 6.10 Å². The Morgan fingerprint density at radius 1 is 1.25 bits per heavy atom. The maximum Gasteiger partial charge on any atom is 0.272 e. The third-order valence-electron chi connectivity index (χ3n) is 3.77. The molecule has 5 nitrogen and oxygen atoms in total. The Morgan fingerprint density at radius 3 is 2.85 bits per heavy atom. The summed E-state index contributed by atoms with van der Waals surface area (Å²) in [5.41, 5.74) is 3.71. The molecule has 2 aliphatic rings. The molecule has 2 aliphatic heterocycles. The molecule has 1 aromatic rings. The van der Waals surface area contributed by atoms with Crippen LogP contribution >= 0.6 is 0 Å². The average Bonchev–Trinajstić information content (AvgIpc) is 3.17. The van der Waals surface area contributed by atoms with Crippen molar-refractivity contribution in [3.05, 3.63) is 35.9 Å². The minimum Gasteiger partial charge on any atom is -0.379 e. The summed E-state index contributed by atoms with van der Waals surface area (Å²) in [6, 6.07) is 10.1. The van der Waals surface area contributed by atoms with Crippen LogP contribution < -0.4 is 5.48 Å². The van der Waals surface area contributed by atoms with Crippen LogP contribution in [0.25, 0.3) is 0 Å². The van der Waals surface area contributed by atoms with Crippen LogP contribution in [0.5, 0.6) is 0 Å². The number of carbonyl (C=O) groups is 1. The molecule has 0 aromatic heterocycles. The van der Waals surface area contributed by atoms with E-state index in [2.05, 4.69) is 17.6 Å². The van der Waals surface area contributed by atoms with E-state index in [1.807, 2.05) is 18.2 Å². The lowest BCUT2D eigenvalue weighted by Crippen LogP contribution is -2.37. The molecule has 1 N–H and O–H groups in total. The number of hydroxylamine groups is 1. The zero-order chi connectivity index (χ0) is 13.8. The molecular weight excluding hydrogens is 258 g/mol. The van der Waals surface area contributed by atoms with Crippen LogP contribution in [0.3, 0.4) is 0 Å². The van der Waals surface area contributed by atoms with Gasteiger partial charge in [0, 0.05) is 18.9 Å². The smallest absolute Gasteiger partial charge is 0.272 e. The van der Waals surface area contributed by atoms with Gasteiger partial charge in [0.15, 0.2) is 0 Å². The van der Waals surface area contributed by atoms with Crippen LogP contribution in [0.2, 0.25) is 0 Å².